The second-order valence-electron chi connectivity index (χ2n) is 6.59. The Kier molecular flexibility index (Phi) is 3.99. The van der Waals surface area contributed by atoms with E-state index in [2.05, 4.69) is 5.10 Å². The van der Waals surface area contributed by atoms with Crippen LogP contribution < -0.4 is 0 Å². The van der Waals surface area contributed by atoms with Crippen molar-refractivity contribution in [3.05, 3.63) is 53.5 Å². The number of aromatic carboxylic acids is 1. The maximum atomic E-state index is 12.9. The molecule has 0 atom stereocenters. The third-order valence-corrected chi connectivity index (χ3v) is 5.01. The third-order valence-electron chi connectivity index (χ3n) is 5.01. The SMILES string of the molecule is Cc1c(C(=O)N2CCC(n3cc(C(=O)O)cn3)CC2)oc2ccccc12. The summed E-state index contributed by atoms with van der Waals surface area (Å²) >= 11 is 0. The van der Waals surface area contributed by atoms with Crippen molar-refractivity contribution in [3.8, 4) is 0 Å². The van der Waals surface area contributed by atoms with E-state index in [1.54, 1.807) is 15.8 Å². The number of aryl methyl sites for hydroxylation is 1. The lowest BCUT2D eigenvalue weighted by atomic mass is 10.0. The van der Waals surface area contributed by atoms with Gasteiger partial charge in [-0.2, -0.15) is 5.10 Å². The molecule has 26 heavy (non-hydrogen) atoms. The Morgan fingerprint density at radius 3 is 2.62 bits per heavy atom. The molecule has 0 unspecified atom stereocenters. The predicted molar refractivity (Wildman–Crippen MR) is 94.3 cm³/mol. The highest BCUT2D eigenvalue weighted by Gasteiger charge is 2.28. The van der Waals surface area contributed by atoms with Crippen LogP contribution in [0.2, 0.25) is 0 Å². The fourth-order valence-electron chi connectivity index (χ4n) is 3.50. The number of benzene rings is 1. The van der Waals surface area contributed by atoms with Gasteiger partial charge in [0.15, 0.2) is 5.76 Å². The first-order valence-electron chi connectivity index (χ1n) is 8.59. The summed E-state index contributed by atoms with van der Waals surface area (Å²) < 4.78 is 7.47. The summed E-state index contributed by atoms with van der Waals surface area (Å²) in [6.07, 6.45) is 4.36. The number of carbonyl (C=O) groups is 2. The van der Waals surface area contributed by atoms with Crippen molar-refractivity contribution < 1.29 is 19.1 Å². The van der Waals surface area contributed by atoms with E-state index in [1.807, 2.05) is 31.2 Å². The lowest BCUT2D eigenvalue weighted by molar-refractivity contribution is 0.0659. The number of amides is 1. The zero-order valence-electron chi connectivity index (χ0n) is 14.4. The largest absolute Gasteiger partial charge is 0.478 e. The van der Waals surface area contributed by atoms with Gasteiger partial charge in [-0.3, -0.25) is 9.48 Å². The fourth-order valence-corrected chi connectivity index (χ4v) is 3.50. The summed E-state index contributed by atoms with van der Waals surface area (Å²) in [6, 6.07) is 7.74. The predicted octanol–water partition coefficient (Wildman–Crippen LogP) is 3.11. The molecule has 1 aliphatic heterocycles. The number of piperidine rings is 1. The summed E-state index contributed by atoms with van der Waals surface area (Å²) in [5.74, 6) is -0.676. The monoisotopic (exact) mass is 353 g/mol. The molecule has 1 saturated heterocycles. The van der Waals surface area contributed by atoms with Gasteiger partial charge in [-0.15, -0.1) is 0 Å². The van der Waals surface area contributed by atoms with E-state index in [0.717, 1.165) is 29.4 Å². The van der Waals surface area contributed by atoms with Crippen molar-refractivity contribution in [2.75, 3.05) is 13.1 Å². The molecule has 1 N–H and O–H groups in total. The minimum absolute atomic E-state index is 0.0937. The van der Waals surface area contributed by atoms with Gasteiger partial charge in [0.05, 0.1) is 17.8 Å². The second kappa shape index (κ2) is 6.33. The Balaban J connectivity index is 1.47. The minimum atomic E-state index is -0.982. The summed E-state index contributed by atoms with van der Waals surface area (Å²) in [7, 11) is 0. The molecule has 0 spiro atoms. The molecular formula is C19H19N3O4. The first kappa shape index (κ1) is 16.4. The molecule has 0 bridgehead atoms. The normalized spacial score (nSPS) is 15.5. The van der Waals surface area contributed by atoms with Crippen molar-refractivity contribution in [2.24, 2.45) is 0 Å². The van der Waals surface area contributed by atoms with Crippen molar-refractivity contribution >= 4 is 22.8 Å². The van der Waals surface area contributed by atoms with E-state index in [-0.39, 0.29) is 17.5 Å². The van der Waals surface area contributed by atoms with Crippen LogP contribution in [-0.4, -0.2) is 44.8 Å². The van der Waals surface area contributed by atoms with Crippen molar-refractivity contribution in [3.63, 3.8) is 0 Å². The number of hydrogen-bond acceptors (Lipinski definition) is 4. The highest BCUT2D eigenvalue weighted by atomic mass is 16.4. The van der Waals surface area contributed by atoms with E-state index in [9.17, 15) is 9.59 Å². The highest BCUT2D eigenvalue weighted by Crippen LogP contribution is 2.28. The molecule has 1 aliphatic rings. The minimum Gasteiger partial charge on any atom is -0.478 e. The zero-order chi connectivity index (χ0) is 18.3. The van der Waals surface area contributed by atoms with Crippen LogP contribution in [0.1, 0.15) is 45.4 Å². The lowest BCUT2D eigenvalue weighted by Gasteiger charge is -2.31. The number of carboxylic acids is 1. The van der Waals surface area contributed by atoms with Gasteiger partial charge in [0.25, 0.3) is 5.91 Å². The van der Waals surface area contributed by atoms with E-state index in [0.29, 0.717) is 18.8 Å². The summed E-state index contributed by atoms with van der Waals surface area (Å²) in [6.45, 7) is 3.08. The van der Waals surface area contributed by atoms with Crippen LogP contribution in [0.25, 0.3) is 11.0 Å². The Hall–Kier alpha value is -3.09. The van der Waals surface area contributed by atoms with E-state index in [4.69, 9.17) is 9.52 Å². The van der Waals surface area contributed by atoms with Gasteiger partial charge in [0, 0.05) is 30.2 Å². The van der Waals surface area contributed by atoms with Crippen LogP contribution in [0.4, 0.5) is 0 Å². The number of carboxylic acid groups (broad SMARTS) is 1. The van der Waals surface area contributed by atoms with E-state index >= 15 is 0 Å². The summed E-state index contributed by atoms with van der Waals surface area (Å²) in [5.41, 5.74) is 1.77. The zero-order valence-corrected chi connectivity index (χ0v) is 14.4. The molecule has 0 saturated carbocycles. The molecule has 3 heterocycles. The number of furan rings is 1. The van der Waals surface area contributed by atoms with Gasteiger partial charge < -0.3 is 14.4 Å². The molecule has 2 aromatic heterocycles. The molecule has 7 nitrogen and oxygen atoms in total. The van der Waals surface area contributed by atoms with Crippen molar-refractivity contribution in [1.29, 1.82) is 0 Å². The average Bonchev–Trinajstić information content (AvgIpc) is 3.27. The fraction of sp³-hybridized carbons (Fsp3) is 0.316. The van der Waals surface area contributed by atoms with Crippen LogP contribution in [-0.2, 0) is 0 Å². The van der Waals surface area contributed by atoms with Gasteiger partial charge in [-0.05, 0) is 25.8 Å². The smallest absolute Gasteiger partial charge is 0.338 e. The first-order valence-corrected chi connectivity index (χ1v) is 8.59. The number of aromatic nitrogens is 2. The van der Waals surface area contributed by atoms with Gasteiger partial charge >= 0.3 is 5.97 Å². The first-order chi connectivity index (χ1) is 12.5. The Bertz CT molecular complexity index is 980. The van der Waals surface area contributed by atoms with Crippen LogP contribution in [0.15, 0.2) is 41.1 Å². The maximum Gasteiger partial charge on any atom is 0.338 e. The number of carbonyl (C=O) groups excluding carboxylic acids is 1. The van der Waals surface area contributed by atoms with Crippen LogP contribution in [0.5, 0.6) is 0 Å². The molecule has 7 heteroatoms. The highest BCUT2D eigenvalue weighted by molar-refractivity contribution is 5.99. The Morgan fingerprint density at radius 1 is 1.23 bits per heavy atom. The van der Waals surface area contributed by atoms with E-state index in [1.165, 1.54) is 6.20 Å². The number of fused-ring (bicyclic) bond motifs is 1. The summed E-state index contributed by atoms with van der Waals surface area (Å²) in [5, 5.41) is 14.1. The standard InChI is InChI=1S/C19H19N3O4/c1-12-15-4-2-3-5-16(15)26-17(12)18(23)21-8-6-14(7-9-21)22-11-13(10-20-22)19(24)25/h2-5,10-11,14H,6-9H2,1H3,(H,24,25). The van der Waals surface area contributed by atoms with Gasteiger partial charge in [-0.25, -0.2) is 4.79 Å². The topological polar surface area (TPSA) is 88.6 Å². The number of hydrogen-bond donors (Lipinski definition) is 1. The number of likely N-dealkylation sites (tertiary alicyclic amines) is 1. The molecule has 1 amide bonds. The van der Waals surface area contributed by atoms with Gasteiger partial charge in [0.2, 0.25) is 0 Å². The number of nitrogens with zero attached hydrogens (tertiary/aromatic N) is 3. The Morgan fingerprint density at radius 2 is 1.96 bits per heavy atom. The molecule has 0 aliphatic carbocycles. The van der Waals surface area contributed by atoms with Crippen LogP contribution >= 0.6 is 0 Å². The lowest BCUT2D eigenvalue weighted by Crippen LogP contribution is -2.39. The quantitative estimate of drug-likeness (QED) is 0.781. The number of para-hydroxylation sites is 1. The van der Waals surface area contributed by atoms with Gasteiger partial charge in [0.1, 0.15) is 5.58 Å². The molecule has 1 aromatic carbocycles. The molecule has 3 aromatic rings. The van der Waals surface area contributed by atoms with Crippen molar-refractivity contribution in [1.82, 2.24) is 14.7 Å². The molecule has 134 valence electrons. The van der Waals surface area contributed by atoms with Crippen LogP contribution in [0.3, 0.4) is 0 Å². The number of rotatable bonds is 3. The molecule has 1 fully saturated rings. The maximum absolute atomic E-state index is 12.9. The Labute approximate surface area is 149 Å². The molecule has 4 rings (SSSR count). The summed E-state index contributed by atoms with van der Waals surface area (Å²) in [4.78, 5) is 25.6. The third kappa shape index (κ3) is 2.75. The molecular weight excluding hydrogens is 334 g/mol. The van der Waals surface area contributed by atoms with Gasteiger partial charge in [-0.1, -0.05) is 18.2 Å². The van der Waals surface area contributed by atoms with Crippen molar-refractivity contribution in [2.45, 2.75) is 25.8 Å². The average molecular weight is 353 g/mol. The van der Waals surface area contributed by atoms with Crippen LogP contribution in [0, 0.1) is 6.92 Å². The second-order valence-corrected chi connectivity index (χ2v) is 6.59. The molecule has 0 radical (unpaired) electrons. The van der Waals surface area contributed by atoms with E-state index < -0.39 is 5.97 Å².